The van der Waals surface area contributed by atoms with Crippen molar-refractivity contribution < 1.29 is 19.4 Å². The fourth-order valence-electron chi connectivity index (χ4n) is 3.42. The number of ether oxygens (including phenoxy) is 2. The third kappa shape index (κ3) is 2.08. The van der Waals surface area contributed by atoms with Crippen molar-refractivity contribution in [2.45, 2.75) is 32.0 Å². The second-order valence-electron chi connectivity index (χ2n) is 6.78. The molecule has 0 saturated carbocycles. The van der Waals surface area contributed by atoms with Crippen LogP contribution in [-0.2, 0) is 11.2 Å². The van der Waals surface area contributed by atoms with Gasteiger partial charge in [0, 0.05) is 28.3 Å². The Morgan fingerprint density at radius 3 is 2.75 bits per heavy atom. The largest absolute Gasteiger partial charge is 0.494 e. The zero-order valence-corrected chi connectivity index (χ0v) is 13.8. The van der Waals surface area contributed by atoms with Crippen molar-refractivity contribution in [2.24, 2.45) is 0 Å². The van der Waals surface area contributed by atoms with Gasteiger partial charge in [0.1, 0.15) is 11.9 Å². The Balaban J connectivity index is 2.02. The summed E-state index contributed by atoms with van der Waals surface area (Å²) >= 11 is 0. The lowest BCUT2D eigenvalue weighted by atomic mass is 9.88. The maximum atomic E-state index is 12.5. The molecule has 4 rings (SSSR count). The Hall–Kier alpha value is -2.53. The molecule has 0 amide bonds. The number of cyclic esters (lactones) is 1. The highest BCUT2D eigenvalue weighted by Crippen LogP contribution is 2.40. The lowest BCUT2D eigenvalue weighted by Crippen LogP contribution is -2.44. The summed E-state index contributed by atoms with van der Waals surface area (Å²) < 4.78 is 11.1. The minimum atomic E-state index is -1.12. The van der Waals surface area contributed by atoms with E-state index in [0.717, 1.165) is 27.4 Å². The van der Waals surface area contributed by atoms with Crippen LogP contribution < -0.4 is 4.74 Å². The van der Waals surface area contributed by atoms with Crippen LogP contribution in [0, 0.1) is 0 Å². The number of rotatable bonds is 2. The van der Waals surface area contributed by atoms with Gasteiger partial charge in [-0.1, -0.05) is 18.2 Å². The first kappa shape index (κ1) is 15.0. The molecule has 0 bridgehead atoms. The van der Waals surface area contributed by atoms with Crippen LogP contribution in [0.15, 0.2) is 30.3 Å². The predicted molar refractivity (Wildman–Crippen MR) is 91.6 cm³/mol. The number of methoxy groups -OCH3 is 1. The van der Waals surface area contributed by atoms with Gasteiger partial charge in [0.2, 0.25) is 0 Å². The summed E-state index contributed by atoms with van der Waals surface area (Å²) in [6.45, 7) is 3.29. The molecule has 1 aromatic heterocycles. The number of para-hydroxylation sites is 1. The molecule has 1 atom stereocenters. The van der Waals surface area contributed by atoms with E-state index >= 15 is 0 Å². The highest BCUT2D eigenvalue weighted by atomic mass is 16.6. The molecule has 124 valence electrons. The number of esters is 1. The molecule has 0 unspecified atom stereocenters. The van der Waals surface area contributed by atoms with Crippen LogP contribution in [0.1, 0.15) is 29.8 Å². The molecule has 24 heavy (non-hydrogen) atoms. The van der Waals surface area contributed by atoms with Crippen LogP contribution in [0.25, 0.3) is 21.8 Å². The number of benzene rings is 2. The van der Waals surface area contributed by atoms with Crippen molar-refractivity contribution in [2.75, 3.05) is 7.11 Å². The zero-order chi connectivity index (χ0) is 17.1. The third-order valence-electron chi connectivity index (χ3n) is 4.71. The van der Waals surface area contributed by atoms with Crippen LogP contribution in [0.4, 0.5) is 0 Å². The molecule has 2 aromatic carbocycles. The van der Waals surface area contributed by atoms with Crippen LogP contribution in [-0.4, -0.2) is 34.9 Å². The second kappa shape index (κ2) is 4.98. The molecule has 0 radical (unpaired) electrons. The molecule has 5 heteroatoms. The Morgan fingerprint density at radius 1 is 1.29 bits per heavy atom. The normalized spacial score (nSPS) is 17.8. The molecule has 1 aliphatic heterocycles. The lowest BCUT2D eigenvalue weighted by molar-refractivity contribution is -0.0677. The number of hydrogen-bond donors (Lipinski definition) is 2. The number of aromatic amines is 1. The van der Waals surface area contributed by atoms with E-state index in [1.807, 2.05) is 30.3 Å². The highest BCUT2D eigenvalue weighted by Gasteiger charge is 2.38. The summed E-state index contributed by atoms with van der Waals surface area (Å²) in [7, 11) is 1.60. The van der Waals surface area contributed by atoms with Gasteiger partial charge in [0.25, 0.3) is 0 Å². The number of hydrogen-bond acceptors (Lipinski definition) is 4. The zero-order valence-electron chi connectivity index (χ0n) is 13.8. The molecule has 1 aliphatic rings. The van der Waals surface area contributed by atoms with Crippen LogP contribution in [0.2, 0.25) is 0 Å². The molecule has 2 N–H and O–H groups in total. The lowest BCUT2D eigenvalue weighted by Gasteiger charge is -2.33. The molecule has 2 heterocycles. The van der Waals surface area contributed by atoms with Gasteiger partial charge >= 0.3 is 5.97 Å². The number of H-pyrrole nitrogens is 1. The highest BCUT2D eigenvalue weighted by molar-refractivity contribution is 6.12. The van der Waals surface area contributed by atoms with Crippen molar-refractivity contribution in [3.8, 4) is 5.75 Å². The van der Waals surface area contributed by atoms with Gasteiger partial charge in [-0.3, -0.25) is 0 Å². The quantitative estimate of drug-likeness (QED) is 0.710. The standard InChI is InChI=1S/C19H19NO4/c1-19(2,22)15-9-12-13(18(21)24-15)8-11-10-6-4-5-7-14(10)20-16(11)17(12)23-3/h4-8,15,20,22H,9H2,1-3H3/t15-/m0/s1. The number of carbonyl (C=O) groups excluding carboxylic acids is 1. The molecule has 0 spiro atoms. The van der Waals surface area contributed by atoms with Gasteiger partial charge in [-0.2, -0.15) is 0 Å². The average Bonchev–Trinajstić information content (AvgIpc) is 2.90. The average molecular weight is 325 g/mol. The summed E-state index contributed by atoms with van der Waals surface area (Å²) in [4.78, 5) is 15.9. The summed E-state index contributed by atoms with van der Waals surface area (Å²) in [5, 5.41) is 12.2. The van der Waals surface area contributed by atoms with Gasteiger partial charge in [-0.15, -0.1) is 0 Å². The first-order valence-electron chi connectivity index (χ1n) is 7.94. The minimum Gasteiger partial charge on any atom is -0.494 e. The Bertz CT molecular complexity index is 965. The molecular weight excluding hydrogens is 306 g/mol. The third-order valence-corrected chi connectivity index (χ3v) is 4.71. The second-order valence-corrected chi connectivity index (χ2v) is 6.78. The predicted octanol–water partition coefficient (Wildman–Crippen LogP) is 3.18. The smallest absolute Gasteiger partial charge is 0.338 e. The Morgan fingerprint density at radius 2 is 2.04 bits per heavy atom. The molecule has 0 saturated heterocycles. The van der Waals surface area contributed by atoms with Crippen molar-refractivity contribution in [3.63, 3.8) is 0 Å². The van der Waals surface area contributed by atoms with Crippen molar-refractivity contribution >= 4 is 27.8 Å². The molecular formula is C19H19NO4. The van der Waals surface area contributed by atoms with Crippen molar-refractivity contribution in [1.29, 1.82) is 0 Å². The monoisotopic (exact) mass is 325 g/mol. The fraction of sp³-hybridized carbons (Fsp3) is 0.316. The number of aliphatic hydroxyl groups is 1. The summed E-state index contributed by atoms with van der Waals surface area (Å²) in [5.41, 5.74) is 2.01. The number of fused-ring (bicyclic) bond motifs is 4. The van der Waals surface area contributed by atoms with E-state index < -0.39 is 17.7 Å². The van der Waals surface area contributed by atoms with Crippen molar-refractivity contribution in [1.82, 2.24) is 4.98 Å². The van der Waals surface area contributed by atoms with Gasteiger partial charge in [-0.05, 0) is 26.0 Å². The number of carbonyl (C=O) groups is 1. The minimum absolute atomic E-state index is 0.416. The number of aromatic nitrogens is 1. The summed E-state index contributed by atoms with van der Waals surface area (Å²) in [5.74, 6) is 0.221. The SMILES string of the molecule is COc1c2c(cc3c1[nH]c1ccccc13)C(=O)O[C@H](C(C)(C)O)C2. The molecule has 5 nitrogen and oxygen atoms in total. The van der Waals surface area contributed by atoms with Crippen molar-refractivity contribution in [3.05, 3.63) is 41.5 Å². The van der Waals surface area contributed by atoms with E-state index in [1.54, 1.807) is 21.0 Å². The van der Waals surface area contributed by atoms with E-state index in [9.17, 15) is 9.90 Å². The van der Waals surface area contributed by atoms with E-state index in [0.29, 0.717) is 17.7 Å². The summed E-state index contributed by atoms with van der Waals surface area (Å²) in [6, 6.07) is 9.78. The first-order chi connectivity index (χ1) is 11.4. The molecule has 0 aliphatic carbocycles. The number of nitrogens with one attached hydrogen (secondary N) is 1. The van der Waals surface area contributed by atoms with Gasteiger partial charge < -0.3 is 19.6 Å². The Labute approximate surface area is 139 Å². The van der Waals surface area contributed by atoms with Gasteiger partial charge in [0.15, 0.2) is 0 Å². The Kier molecular flexibility index (Phi) is 3.12. The van der Waals surface area contributed by atoms with E-state index in [2.05, 4.69) is 4.98 Å². The maximum absolute atomic E-state index is 12.5. The van der Waals surface area contributed by atoms with E-state index in [4.69, 9.17) is 9.47 Å². The van der Waals surface area contributed by atoms with Gasteiger partial charge in [-0.25, -0.2) is 4.79 Å². The molecule has 0 fully saturated rings. The summed E-state index contributed by atoms with van der Waals surface area (Å²) in [6.07, 6.45) is -0.188. The van der Waals surface area contributed by atoms with Gasteiger partial charge in [0.05, 0.1) is 23.8 Å². The maximum Gasteiger partial charge on any atom is 0.338 e. The fourth-order valence-corrected chi connectivity index (χ4v) is 3.42. The van der Waals surface area contributed by atoms with Crippen LogP contribution in [0.3, 0.4) is 0 Å². The van der Waals surface area contributed by atoms with E-state index in [1.165, 1.54) is 0 Å². The van der Waals surface area contributed by atoms with Crippen LogP contribution >= 0.6 is 0 Å². The molecule has 3 aromatic rings. The first-order valence-corrected chi connectivity index (χ1v) is 7.94. The topological polar surface area (TPSA) is 71.6 Å². The van der Waals surface area contributed by atoms with E-state index in [-0.39, 0.29) is 0 Å². The van der Waals surface area contributed by atoms with Crippen LogP contribution in [0.5, 0.6) is 5.75 Å².